The highest BCUT2D eigenvalue weighted by Gasteiger charge is 2.34. The minimum absolute atomic E-state index is 0.0298. The average molecular weight is 514 g/mol. The Morgan fingerprint density at radius 1 is 1.00 bits per heavy atom. The van der Waals surface area contributed by atoms with Gasteiger partial charge in [0.05, 0.1) is 10.6 Å². The Bertz CT molecular complexity index is 1380. The summed E-state index contributed by atoms with van der Waals surface area (Å²) in [5.74, 6) is -1.12. The maximum atomic E-state index is 13.1. The van der Waals surface area contributed by atoms with Gasteiger partial charge in [-0.2, -0.15) is 0 Å². The molecule has 170 valence electrons. The maximum Gasteiger partial charge on any atom is 0.312 e. The van der Waals surface area contributed by atoms with Gasteiger partial charge in [-0.1, -0.05) is 35.3 Å². The van der Waals surface area contributed by atoms with E-state index in [1.54, 1.807) is 42.5 Å². The minimum atomic E-state index is -0.720. The van der Waals surface area contributed by atoms with E-state index in [-0.39, 0.29) is 27.7 Å². The zero-order valence-corrected chi connectivity index (χ0v) is 19.4. The van der Waals surface area contributed by atoms with Gasteiger partial charge in [0.25, 0.3) is 11.8 Å². The molecule has 1 heterocycles. The Balaban J connectivity index is 1.69. The normalized spacial score (nSPS) is 14.8. The van der Waals surface area contributed by atoms with Crippen molar-refractivity contribution >= 4 is 69.8 Å². The van der Waals surface area contributed by atoms with E-state index in [0.717, 1.165) is 4.90 Å². The second-order valence-corrected chi connectivity index (χ2v) is 8.24. The summed E-state index contributed by atoms with van der Waals surface area (Å²) in [5, 5.41) is 14.9. The zero-order valence-electron chi connectivity index (χ0n) is 17.0. The number of amides is 2. The molecule has 4 rings (SSSR count). The van der Waals surface area contributed by atoms with Crippen molar-refractivity contribution in [1.29, 1.82) is 0 Å². The Hall–Kier alpha value is -3.79. The highest BCUT2D eigenvalue weighted by molar-refractivity contribution is 7.80. The van der Waals surface area contributed by atoms with Crippen molar-refractivity contribution < 1.29 is 19.2 Å². The first-order chi connectivity index (χ1) is 16.2. The van der Waals surface area contributed by atoms with Crippen LogP contribution in [0.3, 0.4) is 0 Å². The number of anilines is 1. The summed E-state index contributed by atoms with van der Waals surface area (Å²) in [5.41, 5.74) is 0.0403. The van der Waals surface area contributed by atoms with Crippen molar-refractivity contribution in [3.8, 4) is 11.5 Å². The molecule has 1 aliphatic rings. The number of hydrogen-bond acceptors (Lipinski definition) is 6. The van der Waals surface area contributed by atoms with Gasteiger partial charge in [-0.3, -0.25) is 29.9 Å². The molecule has 0 atom stereocenters. The topological polar surface area (TPSA) is 102 Å². The van der Waals surface area contributed by atoms with Gasteiger partial charge in [0.1, 0.15) is 11.3 Å². The van der Waals surface area contributed by atoms with E-state index in [4.69, 9.17) is 40.2 Å². The third-order valence-corrected chi connectivity index (χ3v) is 5.47. The molecule has 1 saturated heterocycles. The molecule has 1 fully saturated rings. The van der Waals surface area contributed by atoms with Crippen molar-refractivity contribution in [2.45, 2.75) is 0 Å². The van der Waals surface area contributed by atoms with Crippen LogP contribution in [0.2, 0.25) is 10.0 Å². The van der Waals surface area contributed by atoms with Crippen molar-refractivity contribution in [3.63, 3.8) is 0 Å². The second kappa shape index (κ2) is 9.60. The van der Waals surface area contributed by atoms with Crippen molar-refractivity contribution in [2.75, 3.05) is 4.90 Å². The van der Waals surface area contributed by atoms with Gasteiger partial charge in [-0.15, -0.1) is 0 Å². The first kappa shape index (κ1) is 23.4. The molecule has 0 aliphatic carbocycles. The molecule has 0 unspecified atom stereocenters. The van der Waals surface area contributed by atoms with Crippen LogP contribution in [-0.2, 0) is 9.59 Å². The Morgan fingerprint density at radius 2 is 1.74 bits per heavy atom. The Kier molecular flexibility index (Phi) is 6.60. The minimum Gasteiger partial charge on any atom is -0.450 e. The molecular weight excluding hydrogens is 501 g/mol. The number of halogens is 2. The number of ether oxygens (including phenoxy) is 1. The summed E-state index contributed by atoms with van der Waals surface area (Å²) < 4.78 is 5.61. The smallest absolute Gasteiger partial charge is 0.312 e. The maximum absolute atomic E-state index is 13.1. The van der Waals surface area contributed by atoms with Gasteiger partial charge >= 0.3 is 5.69 Å². The molecule has 8 nitrogen and oxygen atoms in total. The molecule has 3 aromatic carbocycles. The quantitative estimate of drug-likeness (QED) is 0.158. The number of carbonyl (C=O) groups is 2. The molecule has 3 aromatic rings. The van der Waals surface area contributed by atoms with E-state index in [2.05, 4.69) is 5.32 Å². The molecule has 11 heteroatoms. The largest absolute Gasteiger partial charge is 0.450 e. The summed E-state index contributed by atoms with van der Waals surface area (Å²) in [7, 11) is 0. The molecule has 2 amide bonds. The molecule has 34 heavy (non-hydrogen) atoms. The van der Waals surface area contributed by atoms with E-state index in [1.807, 2.05) is 0 Å². The van der Waals surface area contributed by atoms with Crippen LogP contribution < -0.4 is 15.0 Å². The van der Waals surface area contributed by atoms with E-state index >= 15 is 0 Å². The van der Waals surface area contributed by atoms with E-state index in [9.17, 15) is 19.7 Å². The molecule has 0 saturated carbocycles. The van der Waals surface area contributed by atoms with E-state index in [0.29, 0.717) is 21.5 Å². The number of nitrogens with one attached hydrogen (secondary N) is 1. The summed E-state index contributed by atoms with van der Waals surface area (Å²) in [6.45, 7) is 0. The SMILES string of the molecule is O=C1NC(=S)N(c2ccc(Cl)cc2)C(=O)C1=Cc1ccc(Oc2cccc(Cl)c2)c([N+](=O)[O-])c1. The number of nitro groups is 1. The molecule has 0 spiro atoms. The fraction of sp³-hybridized carbons (Fsp3) is 0. The van der Waals surface area contributed by atoms with Crippen LogP contribution in [0.5, 0.6) is 11.5 Å². The molecule has 0 bridgehead atoms. The lowest BCUT2D eigenvalue weighted by atomic mass is 10.1. The number of benzene rings is 3. The Morgan fingerprint density at radius 3 is 2.41 bits per heavy atom. The number of nitrogens with zero attached hydrogens (tertiary/aromatic N) is 2. The highest BCUT2D eigenvalue weighted by Crippen LogP contribution is 2.34. The fourth-order valence-corrected chi connectivity index (χ4v) is 3.75. The summed E-state index contributed by atoms with van der Waals surface area (Å²) in [4.78, 5) is 37.8. The van der Waals surface area contributed by atoms with E-state index < -0.39 is 16.7 Å². The molecule has 1 N–H and O–H groups in total. The van der Waals surface area contributed by atoms with Gasteiger partial charge in [0.15, 0.2) is 5.11 Å². The number of rotatable bonds is 5. The molecular formula is C23H13Cl2N3O5S. The van der Waals surface area contributed by atoms with Crippen molar-refractivity contribution in [3.05, 3.63) is 98.0 Å². The Labute approximate surface area is 208 Å². The fourth-order valence-electron chi connectivity index (χ4n) is 3.16. The predicted molar refractivity (Wildman–Crippen MR) is 132 cm³/mol. The van der Waals surface area contributed by atoms with Gasteiger partial charge < -0.3 is 4.74 Å². The number of carbonyl (C=O) groups excluding carboxylic acids is 2. The average Bonchev–Trinajstić information content (AvgIpc) is 2.78. The van der Waals surface area contributed by atoms with Gasteiger partial charge in [0, 0.05) is 16.1 Å². The monoisotopic (exact) mass is 513 g/mol. The molecule has 0 radical (unpaired) electrons. The van der Waals surface area contributed by atoms with Crippen LogP contribution in [0.1, 0.15) is 5.56 Å². The standard InChI is InChI=1S/C23H13Cl2N3O5S/c24-14-5-7-16(8-6-14)27-22(30)18(21(29)26-23(27)34)10-13-4-9-20(19(11-13)28(31)32)33-17-3-1-2-15(25)12-17/h1-12H,(H,26,29,34). The molecule has 0 aromatic heterocycles. The lowest BCUT2D eigenvalue weighted by Crippen LogP contribution is -2.54. The van der Waals surface area contributed by atoms with Crippen LogP contribution in [0, 0.1) is 10.1 Å². The predicted octanol–water partition coefficient (Wildman–Crippen LogP) is 5.53. The van der Waals surface area contributed by atoms with Crippen LogP contribution in [0.4, 0.5) is 11.4 Å². The lowest BCUT2D eigenvalue weighted by molar-refractivity contribution is -0.385. The van der Waals surface area contributed by atoms with Crippen LogP contribution >= 0.6 is 35.4 Å². The lowest BCUT2D eigenvalue weighted by Gasteiger charge is -2.28. The van der Waals surface area contributed by atoms with Crippen molar-refractivity contribution in [2.24, 2.45) is 0 Å². The third-order valence-electron chi connectivity index (χ3n) is 4.70. The van der Waals surface area contributed by atoms with Crippen LogP contribution in [-0.4, -0.2) is 21.9 Å². The van der Waals surface area contributed by atoms with Crippen LogP contribution in [0.25, 0.3) is 6.08 Å². The summed E-state index contributed by atoms with van der Waals surface area (Å²) in [6, 6.07) is 16.8. The summed E-state index contributed by atoms with van der Waals surface area (Å²) in [6.07, 6.45) is 1.25. The number of thiocarbonyl (C=S) groups is 1. The van der Waals surface area contributed by atoms with Crippen molar-refractivity contribution in [1.82, 2.24) is 5.32 Å². The zero-order chi connectivity index (χ0) is 24.4. The first-order valence-corrected chi connectivity index (χ1v) is 10.8. The summed E-state index contributed by atoms with van der Waals surface area (Å²) >= 11 is 17.0. The highest BCUT2D eigenvalue weighted by atomic mass is 35.5. The first-order valence-electron chi connectivity index (χ1n) is 9.62. The number of hydrogen-bond donors (Lipinski definition) is 1. The van der Waals surface area contributed by atoms with Gasteiger partial charge in [-0.25, -0.2) is 0 Å². The van der Waals surface area contributed by atoms with Crippen LogP contribution in [0.15, 0.2) is 72.3 Å². The van der Waals surface area contributed by atoms with E-state index in [1.165, 1.54) is 30.3 Å². The third kappa shape index (κ3) is 4.91. The molecule has 1 aliphatic heterocycles. The van der Waals surface area contributed by atoms with Gasteiger partial charge in [0.2, 0.25) is 5.75 Å². The second-order valence-electron chi connectivity index (χ2n) is 6.98. The van der Waals surface area contributed by atoms with Gasteiger partial charge in [-0.05, 0) is 72.4 Å². The number of nitro benzene ring substituents is 1.